The van der Waals surface area contributed by atoms with Gasteiger partial charge < -0.3 is 10.4 Å². The highest BCUT2D eigenvalue weighted by Gasteiger charge is 2.22. The van der Waals surface area contributed by atoms with E-state index in [1.165, 1.54) is 5.56 Å². The van der Waals surface area contributed by atoms with Crippen LogP contribution in [-0.2, 0) is 11.2 Å². The van der Waals surface area contributed by atoms with Gasteiger partial charge in [-0.1, -0.05) is 44.2 Å². The molecule has 0 radical (unpaired) electrons. The van der Waals surface area contributed by atoms with Gasteiger partial charge in [0.15, 0.2) is 0 Å². The quantitative estimate of drug-likeness (QED) is 0.642. The van der Waals surface area contributed by atoms with Crippen LogP contribution in [-0.4, -0.2) is 28.9 Å². The lowest BCUT2D eigenvalue weighted by atomic mass is 10.0. The van der Waals surface area contributed by atoms with Crippen LogP contribution in [0.3, 0.4) is 0 Å². The molecule has 0 aliphatic heterocycles. The smallest absolute Gasteiger partial charge is 0.320 e. The van der Waals surface area contributed by atoms with Crippen LogP contribution in [0.2, 0.25) is 0 Å². The Morgan fingerprint density at radius 3 is 2.42 bits per heavy atom. The fourth-order valence-corrected chi connectivity index (χ4v) is 2.31. The molecule has 0 aliphatic carbocycles. The van der Waals surface area contributed by atoms with Crippen molar-refractivity contribution in [3.8, 4) is 0 Å². The average molecular weight is 281 g/mol. The van der Waals surface area contributed by atoms with E-state index in [-0.39, 0.29) is 6.04 Å². The van der Waals surface area contributed by atoms with Gasteiger partial charge in [-0.3, -0.25) is 4.79 Å². The monoisotopic (exact) mass is 281 g/mol. The van der Waals surface area contributed by atoms with Crippen molar-refractivity contribution in [3.05, 3.63) is 35.9 Å². The Bertz CT molecular complexity index is 381. The molecule has 0 fully saturated rings. The largest absolute Gasteiger partial charge is 0.480 e. The molecule has 0 aromatic heterocycles. The number of aliphatic carboxylic acids is 1. The molecule has 19 heavy (non-hydrogen) atoms. The molecule has 1 aromatic carbocycles. The van der Waals surface area contributed by atoms with Gasteiger partial charge in [-0.2, -0.15) is 12.6 Å². The predicted molar refractivity (Wildman–Crippen MR) is 81.8 cm³/mol. The summed E-state index contributed by atoms with van der Waals surface area (Å²) in [5.74, 6) is 0.191. The minimum absolute atomic E-state index is 0.0746. The molecule has 0 spiro atoms. The number of carboxylic acids is 1. The highest BCUT2D eigenvalue weighted by atomic mass is 32.1. The molecule has 3 nitrogen and oxygen atoms in total. The first-order chi connectivity index (χ1) is 9.02. The Labute approximate surface area is 120 Å². The van der Waals surface area contributed by atoms with Gasteiger partial charge in [0.25, 0.3) is 0 Å². The van der Waals surface area contributed by atoms with Gasteiger partial charge in [-0.25, -0.2) is 0 Å². The first kappa shape index (κ1) is 16.1. The highest BCUT2D eigenvalue weighted by molar-refractivity contribution is 7.80. The van der Waals surface area contributed by atoms with E-state index in [4.69, 9.17) is 0 Å². The number of carbonyl (C=O) groups is 1. The number of benzene rings is 1. The van der Waals surface area contributed by atoms with Crippen LogP contribution in [0.5, 0.6) is 0 Å². The van der Waals surface area contributed by atoms with Crippen LogP contribution >= 0.6 is 12.6 Å². The first-order valence-corrected chi connectivity index (χ1v) is 7.29. The van der Waals surface area contributed by atoms with Gasteiger partial charge in [-0.15, -0.1) is 0 Å². The molecule has 2 atom stereocenters. The molecule has 2 unspecified atom stereocenters. The molecule has 2 N–H and O–H groups in total. The molecule has 0 amide bonds. The van der Waals surface area contributed by atoms with Crippen molar-refractivity contribution in [3.63, 3.8) is 0 Å². The van der Waals surface area contributed by atoms with E-state index in [1.807, 2.05) is 32.0 Å². The Morgan fingerprint density at radius 2 is 1.95 bits per heavy atom. The van der Waals surface area contributed by atoms with Gasteiger partial charge in [0.2, 0.25) is 0 Å². The van der Waals surface area contributed by atoms with Crippen LogP contribution < -0.4 is 5.32 Å². The number of hydrogen-bond acceptors (Lipinski definition) is 3. The molecular formula is C15H23NO2S. The number of rotatable bonds is 8. The van der Waals surface area contributed by atoms with Crippen molar-refractivity contribution in [1.29, 1.82) is 0 Å². The summed E-state index contributed by atoms with van der Waals surface area (Å²) in [7, 11) is 0. The van der Waals surface area contributed by atoms with E-state index < -0.39 is 12.0 Å². The summed E-state index contributed by atoms with van der Waals surface area (Å²) in [5, 5.41) is 12.5. The molecule has 0 aliphatic rings. The summed E-state index contributed by atoms with van der Waals surface area (Å²) in [6.45, 7) is 4.06. The molecule has 106 valence electrons. The van der Waals surface area contributed by atoms with E-state index in [2.05, 4.69) is 30.1 Å². The molecule has 0 bridgehead atoms. The van der Waals surface area contributed by atoms with Crippen molar-refractivity contribution < 1.29 is 9.90 Å². The zero-order valence-corrected chi connectivity index (χ0v) is 12.4. The van der Waals surface area contributed by atoms with Gasteiger partial charge in [0.1, 0.15) is 6.04 Å². The third-order valence-corrected chi connectivity index (χ3v) is 3.43. The molecule has 0 saturated carbocycles. The predicted octanol–water partition coefficient (Wildman–Crippen LogP) is 2.62. The normalized spacial score (nSPS) is 14.3. The fraction of sp³-hybridized carbons (Fsp3) is 0.533. The maximum absolute atomic E-state index is 11.3. The SMILES string of the molecule is CC(C)CC(NC(CS)Cc1ccccc1)C(=O)O. The minimum atomic E-state index is -0.784. The lowest BCUT2D eigenvalue weighted by Crippen LogP contribution is -2.46. The Hall–Kier alpha value is -1.00. The minimum Gasteiger partial charge on any atom is -0.480 e. The van der Waals surface area contributed by atoms with Crippen LogP contribution in [0.4, 0.5) is 0 Å². The van der Waals surface area contributed by atoms with Crippen molar-refractivity contribution in [2.24, 2.45) is 5.92 Å². The van der Waals surface area contributed by atoms with Crippen LogP contribution in [0.15, 0.2) is 30.3 Å². The third-order valence-electron chi connectivity index (χ3n) is 2.99. The Morgan fingerprint density at radius 1 is 1.32 bits per heavy atom. The maximum atomic E-state index is 11.3. The summed E-state index contributed by atoms with van der Waals surface area (Å²) >= 11 is 4.32. The first-order valence-electron chi connectivity index (χ1n) is 6.66. The Kier molecular flexibility index (Phi) is 6.95. The van der Waals surface area contributed by atoms with Gasteiger partial charge >= 0.3 is 5.97 Å². The van der Waals surface area contributed by atoms with E-state index in [9.17, 15) is 9.90 Å². The highest BCUT2D eigenvalue weighted by Crippen LogP contribution is 2.09. The summed E-state index contributed by atoms with van der Waals surface area (Å²) < 4.78 is 0. The van der Waals surface area contributed by atoms with Crippen LogP contribution in [0.25, 0.3) is 0 Å². The summed E-state index contributed by atoms with van der Waals surface area (Å²) in [6, 6.07) is 9.64. The molecular weight excluding hydrogens is 258 g/mol. The average Bonchev–Trinajstić information content (AvgIpc) is 2.37. The summed E-state index contributed by atoms with van der Waals surface area (Å²) in [6.07, 6.45) is 1.43. The van der Waals surface area contributed by atoms with Gasteiger partial charge in [-0.05, 0) is 24.3 Å². The van der Waals surface area contributed by atoms with Crippen molar-refractivity contribution in [1.82, 2.24) is 5.32 Å². The zero-order chi connectivity index (χ0) is 14.3. The second-order valence-corrected chi connectivity index (χ2v) is 5.62. The van der Waals surface area contributed by atoms with Gasteiger partial charge in [0.05, 0.1) is 0 Å². The van der Waals surface area contributed by atoms with Crippen molar-refractivity contribution in [2.75, 3.05) is 5.75 Å². The molecule has 0 heterocycles. The molecule has 0 saturated heterocycles. The number of carboxylic acid groups (broad SMARTS) is 1. The second-order valence-electron chi connectivity index (χ2n) is 5.26. The van der Waals surface area contributed by atoms with E-state index >= 15 is 0 Å². The van der Waals surface area contributed by atoms with Crippen LogP contribution in [0, 0.1) is 5.92 Å². The van der Waals surface area contributed by atoms with E-state index in [0.717, 1.165) is 6.42 Å². The number of thiol groups is 1. The lowest BCUT2D eigenvalue weighted by molar-refractivity contribution is -0.140. The van der Waals surface area contributed by atoms with Gasteiger partial charge in [0, 0.05) is 11.8 Å². The fourth-order valence-electron chi connectivity index (χ4n) is 2.07. The zero-order valence-electron chi connectivity index (χ0n) is 11.5. The Balaban J connectivity index is 2.61. The molecule has 4 heteroatoms. The van der Waals surface area contributed by atoms with Crippen LogP contribution in [0.1, 0.15) is 25.8 Å². The summed E-state index contributed by atoms with van der Waals surface area (Å²) in [4.78, 5) is 11.3. The van der Waals surface area contributed by atoms with E-state index in [0.29, 0.717) is 18.1 Å². The van der Waals surface area contributed by atoms with E-state index in [1.54, 1.807) is 0 Å². The number of hydrogen-bond donors (Lipinski definition) is 3. The topological polar surface area (TPSA) is 49.3 Å². The second kappa shape index (κ2) is 8.23. The van der Waals surface area contributed by atoms with Crippen molar-refractivity contribution >= 4 is 18.6 Å². The maximum Gasteiger partial charge on any atom is 0.320 e. The summed E-state index contributed by atoms with van der Waals surface area (Å²) in [5.41, 5.74) is 1.20. The third kappa shape index (κ3) is 6.12. The standard InChI is InChI=1S/C15H23NO2S/c1-11(2)8-14(15(17)18)16-13(10-19)9-12-6-4-3-5-7-12/h3-7,11,13-14,16,19H,8-10H2,1-2H3,(H,17,18). The lowest BCUT2D eigenvalue weighted by Gasteiger charge is -2.23. The molecule has 1 rings (SSSR count). The molecule has 1 aromatic rings. The number of nitrogens with one attached hydrogen (secondary N) is 1. The van der Waals surface area contributed by atoms with Crippen molar-refractivity contribution in [2.45, 2.75) is 38.8 Å².